The summed E-state index contributed by atoms with van der Waals surface area (Å²) in [5.41, 5.74) is 2.85. The van der Waals surface area contributed by atoms with Crippen LogP contribution in [0.3, 0.4) is 0 Å². The third-order valence-electron chi connectivity index (χ3n) is 5.80. The molecule has 2 aliphatic heterocycles. The standard InChI is InChI=1S/C22H28N2O/c1-2-25-17-22-14-13-20(15-23-16-22)24(22)21(18-9-5-3-6-10-18)19-11-7-4-8-12-19/h3-12,20-21,23H,2,13-17H2,1H3. The van der Waals surface area contributed by atoms with Gasteiger partial charge in [0.2, 0.25) is 0 Å². The summed E-state index contributed by atoms with van der Waals surface area (Å²) in [4.78, 5) is 2.77. The van der Waals surface area contributed by atoms with Gasteiger partial charge in [0, 0.05) is 25.7 Å². The van der Waals surface area contributed by atoms with E-state index in [1.807, 2.05) is 0 Å². The number of benzene rings is 2. The number of piperazine rings is 1. The molecule has 2 saturated heterocycles. The Bertz CT molecular complexity index is 631. The lowest BCUT2D eigenvalue weighted by Crippen LogP contribution is -2.63. The maximum Gasteiger partial charge on any atom is 0.0663 e. The zero-order valence-corrected chi connectivity index (χ0v) is 15.0. The second kappa shape index (κ2) is 7.28. The van der Waals surface area contributed by atoms with Gasteiger partial charge in [0.1, 0.15) is 0 Å². The predicted octanol–water partition coefficient (Wildman–Crippen LogP) is 3.62. The minimum absolute atomic E-state index is 0.0925. The van der Waals surface area contributed by atoms with Gasteiger partial charge in [-0.25, -0.2) is 0 Å². The van der Waals surface area contributed by atoms with E-state index in [1.165, 1.54) is 24.0 Å². The molecular formula is C22H28N2O. The Labute approximate surface area is 151 Å². The smallest absolute Gasteiger partial charge is 0.0663 e. The fourth-order valence-corrected chi connectivity index (χ4v) is 4.70. The molecule has 1 N–H and O–H groups in total. The molecule has 0 aromatic heterocycles. The third kappa shape index (κ3) is 3.12. The molecule has 3 heteroatoms. The van der Waals surface area contributed by atoms with Crippen LogP contribution in [0.15, 0.2) is 60.7 Å². The molecule has 2 heterocycles. The van der Waals surface area contributed by atoms with Crippen molar-refractivity contribution in [2.45, 2.75) is 37.4 Å². The highest BCUT2D eigenvalue weighted by Crippen LogP contribution is 2.45. The van der Waals surface area contributed by atoms with Gasteiger partial charge in [-0.05, 0) is 30.9 Å². The SMILES string of the molecule is CCOCC12CCC(CNC1)N2C(c1ccccc1)c1ccccc1. The topological polar surface area (TPSA) is 24.5 Å². The second-order valence-electron chi connectivity index (χ2n) is 7.32. The zero-order chi connectivity index (χ0) is 17.1. The molecule has 2 fully saturated rings. The van der Waals surface area contributed by atoms with Crippen LogP contribution in [0.1, 0.15) is 36.9 Å². The first kappa shape index (κ1) is 16.8. The van der Waals surface area contributed by atoms with Gasteiger partial charge in [-0.3, -0.25) is 4.90 Å². The summed E-state index contributed by atoms with van der Waals surface area (Å²) in [7, 11) is 0. The maximum absolute atomic E-state index is 5.96. The van der Waals surface area contributed by atoms with E-state index in [1.54, 1.807) is 0 Å². The lowest BCUT2D eigenvalue weighted by Gasteiger charge is -2.49. The Balaban J connectivity index is 1.78. The van der Waals surface area contributed by atoms with Crippen molar-refractivity contribution in [2.75, 3.05) is 26.3 Å². The van der Waals surface area contributed by atoms with Crippen LogP contribution in [0, 0.1) is 0 Å². The van der Waals surface area contributed by atoms with Crippen LogP contribution in [0.2, 0.25) is 0 Å². The van der Waals surface area contributed by atoms with E-state index in [0.29, 0.717) is 6.04 Å². The third-order valence-corrected chi connectivity index (χ3v) is 5.80. The summed E-state index contributed by atoms with van der Waals surface area (Å²) < 4.78 is 5.96. The molecule has 132 valence electrons. The molecule has 2 unspecified atom stereocenters. The van der Waals surface area contributed by atoms with Gasteiger partial charge in [0.25, 0.3) is 0 Å². The maximum atomic E-state index is 5.96. The molecule has 2 bridgehead atoms. The quantitative estimate of drug-likeness (QED) is 0.872. The highest BCUT2D eigenvalue weighted by Gasteiger charge is 2.52. The fourth-order valence-electron chi connectivity index (χ4n) is 4.70. The summed E-state index contributed by atoms with van der Waals surface area (Å²) in [6, 6.07) is 22.8. The average Bonchev–Trinajstić information content (AvgIpc) is 2.87. The van der Waals surface area contributed by atoms with Crippen molar-refractivity contribution in [1.29, 1.82) is 0 Å². The van der Waals surface area contributed by atoms with Gasteiger partial charge in [0.05, 0.1) is 18.2 Å². The van der Waals surface area contributed by atoms with Crippen molar-refractivity contribution >= 4 is 0 Å². The van der Waals surface area contributed by atoms with Crippen LogP contribution < -0.4 is 5.32 Å². The van der Waals surface area contributed by atoms with Gasteiger partial charge in [-0.1, -0.05) is 60.7 Å². The molecule has 2 aliphatic rings. The lowest BCUT2D eigenvalue weighted by molar-refractivity contribution is -0.0278. The molecule has 0 aliphatic carbocycles. The molecule has 3 nitrogen and oxygen atoms in total. The van der Waals surface area contributed by atoms with Crippen LogP contribution in [0.4, 0.5) is 0 Å². The number of nitrogens with one attached hydrogen (secondary N) is 1. The van der Waals surface area contributed by atoms with Crippen LogP contribution in [0.5, 0.6) is 0 Å². The van der Waals surface area contributed by atoms with Crippen LogP contribution in [-0.4, -0.2) is 42.8 Å². The summed E-state index contributed by atoms with van der Waals surface area (Å²) in [5.74, 6) is 0. The molecule has 0 spiro atoms. The van der Waals surface area contributed by atoms with Crippen LogP contribution in [0.25, 0.3) is 0 Å². The number of rotatable bonds is 6. The van der Waals surface area contributed by atoms with Crippen molar-refractivity contribution in [3.05, 3.63) is 71.8 Å². The van der Waals surface area contributed by atoms with Gasteiger partial charge in [-0.2, -0.15) is 0 Å². The van der Waals surface area contributed by atoms with Gasteiger partial charge < -0.3 is 10.1 Å². The van der Waals surface area contributed by atoms with E-state index in [4.69, 9.17) is 4.74 Å². The van der Waals surface area contributed by atoms with E-state index < -0.39 is 0 Å². The van der Waals surface area contributed by atoms with Crippen molar-refractivity contribution in [3.8, 4) is 0 Å². The number of hydrogen-bond donors (Lipinski definition) is 1. The summed E-state index contributed by atoms with van der Waals surface area (Å²) >= 11 is 0. The summed E-state index contributed by atoms with van der Waals surface area (Å²) in [6.45, 7) is 5.77. The zero-order valence-electron chi connectivity index (χ0n) is 15.0. The highest BCUT2D eigenvalue weighted by molar-refractivity contribution is 5.34. The number of fused-ring (bicyclic) bond motifs is 2. The minimum atomic E-state index is 0.0925. The van der Waals surface area contributed by atoms with E-state index in [-0.39, 0.29) is 11.6 Å². The van der Waals surface area contributed by atoms with E-state index in [9.17, 15) is 0 Å². The Kier molecular flexibility index (Phi) is 4.89. The van der Waals surface area contributed by atoms with Crippen molar-refractivity contribution < 1.29 is 4.74 Å². The molecule has 2 aromatic carbocycles. The normalized spacial score (nSPS) is 26.2. The van der Waals surface area contributed by atoms with Gasteiger partial charge in [0.15, 0.2) is 0 Å². The minimum Gasteiger partial charge on any atom is -0.380 e. The van der Waals surface area contributed by atoms with Gasteiger partial charge >= 0.3 is 0 Å². The van der Waals surface area contributed by atoms with Crippen molar-refractivity contribution in [1.82, 2.24) is 10.2 Å². The van der Waals surface area contributed by atoms with E-state index >= 15 is 0 Å². The Morgan fingerprint density at radius 1 is 1.08 bits per heavy atom. The number of ether oxygens (including phenoxy) is 1. The molecule has 25 heavy (non-hydrogen) atoms. The van der Waals surface area contributed by atoms with E-state index in [0.717, 1.165) is 26.3 Å². The van der Waals surface area contributed by atoms with Crippen molar-refractivity contribution in [3.63, 3.8) is 0 Å². The molecule has 0 saturated carbocycles. The summed E-state index contributed by atoms with van der Waals surface area (Å²) in [6.07, 6.45) is 2.46. The fraction of sp³-hybridized carbons (Fsp3) is 0.455. The molecule has 4 rings (SSSR count). The molecule has 2 aromatic rings. The monoisotopic (exact) mass is 336 g/mol. The molecular weight excluding hydrogens is 308 g/mol. The molecule has 2 atom stereocenters. The molecule has 0 radical (unpaired) electrons. The van der Waals surface area contributed by atoms with E-state index in [2.05, 4.69) is 77.8 Å². The van der Waals surface area contributed by atoms with Crippen LogP contribution >= 0.6 is 0 Å². The van der Waals surface area contributed by atoms with Crippen molar-refractivity contribution in [2.24, 2.45) is 0 Å². The predicted molar refractivity (Wildman–Crippen MR) is 102 cm³/mol. The number of hydrogen-bond acceptors (Lipinski definition) is 3. The second-order valence-corrected chi connectivity index (χ2v) is 7.32. The first-order chi connectivity index (χ1) is 12.3. The van der Waals surface area contributed by atoms with Gasteiger partial charge in [-0.15, -0.1) is 0 Å². The first-order valence-corrected chi connectivity index (χ1v) is 9.51. The first-order valence-electron chi connectivity index (χ1n) is 9.51. The number of nitrogens with zero attached hydrogens (tertiary/aromatic N) is 1. The Morgan fingerprint density at radius 2 is 1.72 bits per heavy atom. The molecule has 0 amide bonds. The Hall–Kier alpha value is -1.68. The highest BCUT2D eigenvalue weighted by atomic mass is 16.5. The lowest BCUT2D eigenvalue weighted by atomic mass is 9.89. The summed E-state index contributed by atoms with van der Waals surface area (Å²) in [5, 5.41) is 3.66. The largest absolute Gasteiger partial charge is 0.380 e. The average molecular weight is 336 g/mol. The van der Waals surface area contributed by atoms with Crippen LogP contribution in [-0.2, 0) is 4.74 Å². The Morgan fingerprint density at radius 3 is 2.32 bits per heavy atom.